The van der Waals surface area contributed by atoms with Gasteiger partial charge in [0.25, 0.3) is 5.91 Å². The van der Waals surface area contributed by atoms with Crippen molar-refractivity contribution in [2.45, 2.75) is 32.2 Å². The minimum absolute atomic E-state index is 0.0788. The van der Waals surface area contributed by atoms with E-state index in [4.69, 9.17) is 0 Å². The number of benzene rings is 2. The summed E-state index contributed by atoms with van der Waals surface area (Å²) in [5.41, 5.74) is 2.59. The van der Waals surface area contributed by atoms with E-state index in [1.807, 2.05) is 6.07 Å². The lowest BCUT2D eigenvalue weighted by Crippen LogP contribution is -2.45. The van der Waals surface area contributed by atoms with Crippen LogP contribution in [0.2, 0.25) is 0 Å². The van der Waals surface area contributed by atoms with E-state index in [0.29, 0.717) is 11.3 Å². The van der Waals surface area contributed by atoms with Crippen LogP contribution in [0.25, 0.3) is 0 Å². The molecule has 1 aliphatic heterocycles. The Morgan fingerprint density at radius 2 is 1.78 bits per heavy atom. The van der Waals surface area contributed by atoms with Gasteiger partial charge in [-0.1, -0.05) is 36.4 Å². The van der Waals surface area contributed by atoms with Gasteiger partial charge in [0.1, 0.15) is 0 Å². The van der Waals surface area contributed by atoms with Crippen molar-refractivity contribution in [2.75, 3.05) is 25.0 Å². The Morgan fingerprint density at radius 3 is 2.48 bits per heavy atom. The van der Waals surface area contributed by atoms with Crippen LogP contribution in [-0.4, -0.2) is 42.4 Å². The number of nitrogens with zero attached hydrogens (tertiary/aromatic N) is 1. The molecule has 2 amide bonds. The van der Waals surface area contributed by atoms with E-state index in [9.17, 15) is 9.59 Å². The van der Waals surface area contributed by atoms with Crippen molar-refractivity contribution >= 4 is 17.5 Å². The van der Waals surface area contributed by atoms with Gasteiger partial charge in [-0.05, 0) is 43.0 Å². The molecule has 0 radical (unpaired) electrons. The van der Waals surface area contributed by atoms with Gasteiger partial charge in [-0.2, -0.15) is 0 Å². The molecule has 0 aliphatic carbocycles. The first-order chi connectivity index (χ1) is 13.1. The van der Waals surface area contributed by atoms with Gasteiger partial charge < -0.3 is 15.5 Å². The van der Waals surface area contributed by atoms with Gasteiger partial charge in [0.2, 0.25) is 5.91 Å². The number of carbonyl (C=O) groups is 2. The number of rotatable bonds is 6. The highest BCUT2D eigenvalue weighted by molar-refractivity contribution is 5.96. The molecule has 3 rings (SSSR count). The van der Waals surface area contributed by atoms with Crippen LogP contribution in [0.4, 0.5) is 5.69 Å². The minimum Gasteiger partial charge on any atom is -0.349 e. The number of likely N-dealkylation sites (tertiary alicyclic amines) is 1. The Balaban J connectivity index is 1.44. The van der Waals surface area contributed by atoms with Crippen LogP contribution >= 0.6 is 0 Å². The summed E-state index contributed by atoms with van der Waals surface area (Å²) in [7, 11) is 0. The van der Waals surface area contributed by atoms with Crippen molar-refractivity contribution < 1.29 is 9.59 Å². The molecular formula is C22H27N3O2. The Kier molecular flexibility index (Phi) is 6.60. The van der Waals surface area contributed by atoms with E-state index in [1.165, 1.54) is 12.5 Å². The molecule has 2 aromatic rings. The summed E-state index contributed by atoms with van der Waals surface area (Å²) in [5.74, 6) is -0.222. The number of hydrogen-bond donors (Lipinski definition) is 2. The fourth-order valence-electron chi connectivity index (χ4n) is 3.44. The number of hydrogen-bond acceptors (Lipinski definition) is 3. The highest BCUT2D eigenvalue weighted by Gasteiger charge is 2.21. The molecule has 1 fully saturated rings. The zero-order chi connectivity index (χ0) is 19.1. The van der Waals surface area contributed by atoms with Gasteiger partial charge in [0, 0.05) is 43.9 Å². The third-order valence-corrected chi connectivity index (χ3v) is 4.93. The Bertz CT molecular complexity index is 768. The molecule has 0 spiro atoms. The summed E-state index contributed by atoms with van der Waals surface area (Å²) in [5, 5.41) is 5.84. The molecule has 5 nitrogen and oxygen atoms in total. The maximum atomic E-state index is 12.5. The van der Waals surface area contributed by atoms with E-state index in [2.05, 4.69) is 39.8 Å². The first-order valence-electron chi connectivity index (χ1n) is 9.55. The molecule has 27 heavy (non-hydrogen) atoms. The number of amides is 2. The fourth-order valence-corrected chi connectivity index (χ4v) is 3.44. The summed E-state index contributed by atoms with van der Waals surface area (Å²) < 4.78 is 0. The van der Waals surface area contributed by atoms with Gasteiger partial charge in [0.15, 0.2) is 0 Å². The molecule has 5 heteroatoms. The molecule has 1 heterocycles. The van der Waals surface area contributed by atoms with Crippen molar-refractivity contribution in [1.82, 2.24) is 10.2 Å². The Morgan fingerprint density at radius 1 is 1.04 bits per heavy atom. The second-order valence-corrected chi connectivity index (χ2v) is 7.09. The predicted molar refractivity (Wildman–Crippen MR) is 108 cm³/mol. The largest absolute Gasteiger partial charge is 0.349 e. The second-order valence-electron chi connectivity index (χ2n) is 7.09. The summed E-state index contributed by atoms with van der Waals surface area (Å²) >= 11 is 0. The van der Waals surface area contributed by atoms with E-state index >= 15 is 0 Å². The highest BCUT2D eigenvalue weighted by atomic mass is 16.2. The van der Waals surface area contributed by atoms with Gasteiger partial charge in [-0.3, -0.25) is 9.59 Å². The summed E-state index contributed by atoms with van der Waals surface area (Å²) in [6, 6.07) is 17.8. The van der Waals surface area contributed by atoms with Crippen LogP contribution in [0.1, 0.15) is 35.7 Å². The molecule has 142 valence electrons. The van der Waals surface area contributed by atoms with E-state index in [0.717, 1.165) is 38.9 Å². The number of anilines is 1. The van der Waals surface area contributed by atoms with Crippen LogP contribution in [0.3, 0.4) is 0 Å². The zero-order valence-electron chi connectivity index (χ0n) is 15.8. The lowest BCUT2D eigenvalue weighted by Gasteiger charge is -2.32. The molecule has 0 saturated carbocycles. The Labute approximate surface area is 160 Å². The highest BCUT2D eigenvalue weighted by Crippen LogP contribution is 2.14. The van der Waals surface area contributed by atoms with Crippen molar-refractivity contribution in [3.8, 4) is 0 Å². The van der Waals surface area contributed by atoms with Crippen molar-refractivity contribution in [2.24, 2.45) is 0 Å². The monoisotopic (exact) mass is 365 g/mol. The maximum Gasteiger partial charge on any atom is 0.251 e. The first kappa shape index (κ1) is 19.1. The third kappa shape index (κ3) is 5.93. The molecule has 2 N–H and O–H groups in total. The molecule has 2 aromatic carbocycles. The minimum atomic E-state index is -0.143. The lowest BCUT2D eigenvalue weighted by molar-refractivity contribution is -0.114. The summed E-state index contributed by atoms with van der Waals surface area (Å²) in [6.07, 6.45) is 2.99. The quantitative estimate of drug-likeness (QED) is 0.827. The topological polar surface area (TPSA) is 61.4 Å². The SMILES string of the molecule is CC(=O)Nc1cccc(C(=O)NC2CCN(CCc3ccccc3)CC2)c1. The van der Waals surface area contributed by atoms with Crippen molar-refractivity contribution in [3.63, 3.8) is 0 Å². The summed E-state index contributed by atoms with van der Waals surface area (Å²) in [4.78, 5) is 26.1. The smallest absolute Gasteiger partial charge is 0.251 e. The van der Waals surface area contributed by atoms with Gasteiger partial charge >= 0.3 is 0 Å². The van der Waals surface area contributed by atoms with Crippen LogP contribution in [0.15, 0.2) is 54.6 Å². The molecule has 0 bridgehead atoms. The van der Waals surface area contributed by atoms with Crippen LogP contribution in [-0.2, 0) is 11.2 Å². The molecular weight excluding hydrogens is 338 g/mol. The van der Waals surface area contributed by atoms with Gasteiger partial charge in [0.05, 0.1) is 0 Å². The maximum absolute atomic E-state index is 12.5. The van der Waals surface area contributed by atoms with E-state index < -0.39 is 0 Å². The molecule has 0 unspecified atom stereocenters. The first-order valence-corrected chi connectivity index (χ1v) is 9.55. The van der Waals surface area contributed by atoms with E-state index in [1.54, 1.807) is 24.3 Å². The van der Waals surface area contributed by atoms with Crippen molar-refractivity contribution in [3.05, 3.63) is 65.7 Å². The number of piperidine rings is 1. The van der Waals surface area contributed by atoms with Gasteiger partial charge in [-0.25, -0.2) is 0 Å². The molecule has 1 saturated heterocycles. The summed E-state index contributed by atoms with van der Waals surface area (Å²) in [6.45, 7) is 4.52. The van der Waals surface area contributed by atoms with Gasteiger partial charge in [-0.15, -0.1) is 0 Å². The second kappa shape index (κ2) is 9.33. The van der Waals surface area contributed by atoms with Crippen LogP contribution < -0.4 is 10.6 Å². The van der Waals surface area contributed by atoms with Crippen LogP contribution in [0, 0.1) is 0 Å². The lowest BCUT2D eigenvalue weighted by atomic mass is 10.0. The Hall–Kier alpha value is -2.66. The predicted octanol–water partition coefficient (Wildman–Crippen LogP) is 3.08. The molecule has 0 atom stereocenters. The zero-order valence-corrected chi connectivity index (χ0v) is 15.8. The van der Waals surface area contributed by atoms with Crippen molar-refractivity contribution in [1.29, 1.82) is 0 Å². The normalized spacial score (nSPS) is 15.3. The molecule has 0 aromatic heterocycles. The number of carbonyl (C=O) groups excluding carboxylic acids is 2. The average molecular weight is 365 g/mol. The fraction of sp³-hybridized carbons (Fsp3) is 0.364. The van der Waals surface area contributed by atoms with E-state index in [-0.39, 0.29) is 17.9 Å². The average Bonchev–Trinajstić information content (AvgIpc) is 2.68. The molecule has 1 aliphatic rings. The third-order valence-electron chi connectivity index (χ3n) is 4.93. The number of nitrogens with one attached hydrogen (secondary N) is 2. The van der Waals surface area contributed by atoms with Crippen LogP contribution in [0.5, 0.6) is 0 Å². The standard InChI is InChI=1S/C22H27N3O2/c1-17(26)23-21-9-5-8-19(16-21)22(27)24-20-11-14-25(15-12-20)13-10-18-6-3-2-4-7-18/h2-9,16,20H,10-15H2,1H3,(H,23,26)(H,24,27).